The van der Waals surface area contributed by atoms with E-state index in [4.69, 9.17) is 5.73 Å². The molecule has 1 aliphatic heterocycles. The van der Waals surface area contributed by atoms with E-state index in [2.05, 4.69) is 27.8 Å². The molecule has 6 heteroatoms. The number of likely N-dealkylation sites (tertiary alicyclic amines) is 1. The molecule has 1 aliphatic rings. The number of nitrogens with two attached hydrogens (primary N) is 1. The molecule has 0 saturated carbocycles. The molecule has 1 saturated heterocycles. The molecule has 0 bridgehead atoms. The van der Waals surface area contributed by atoms with Crippen molar-refractivity contribution in [2.45, 2.75) is 24.3 Å². The Bertz CT molecular complexity index is 535. The van der Waals surface area contributed by atoms with Gasteiger partial charge in [0.2, 0.25) is 0 Å². The summed E-state index contributed by atoms with van der Waals surface area (Å²) in [4.78, 5) is 2.55. The van der Waals surface area contributed by atoms with Crippen LogP contribution in [-0.2, 0) is 9.84 Å². The van der Waals surface area contributed by atoms with Crippen molar-refractivity contribution < 1.29 is 8.42 Å². The van der Waals surface area contributed by atoms with Crippen LogP contribution in [0.3, 0.4) is 0 Å². The highest BCUT2D eigenvalue weighted by atomic mass is 79.9. The van der Waals surface area contributed by atoms with E-state index in [0.717, 1.165) is 24.0 Å². The lowest BCUT2D eigenvalue weighted by Gasteiger charge is -2.34. The number of hydrogen-bond acceptors (Lipinski definition) is 4. The molecule has 1 fully saturated rings. The van der Waals surface area contributed by atoms with Crippen LogP contribution < -0.4 is 5.73 Å². The predicted molar refractivity (Wildman–Crippen MR) is 84.4 cm³/mol. The molecule has 0 aromatic heterocycles. The number of hydrogen-bond donors (Lipinski definition) is 1. The minimum atomic E-state index is -3.21. The molecule has 2 unspecified atom stereocenters. The Morgan fingerprint density at radius 1 is 1.30 bits per heavy atom. The second kappa shape index (κ2) is 6.56. The Kier molecular flexibility index (Phi) is 5.23. The minimum Gasteiger partial charge on any atom is -0.327 e. The van der Waals surface area contributed by atoms with Crippen molar-refractivity contribution in [2.24, 2.45) is 11.7 Å². The van der Waals surface area contributed by atoms with Crippen molar-refractivity contribution in [3.05, 3.63) is 28.7 Å². The highest BCUT2D eigenvalue weighted by Gasteiger charge is 2.24. The van der Waals surface area contributed by atoms with Gasteiger partial charge in [0.1, 0.15) is 0 Å². The van der Waals surface area contributed by atoms with Gasteiger partial charge in [-0.2, -0.15) is 0 Å². The summed E-state index contributed by atoms with van der Waals surface area (Å²) in [6.07, 6.45) is 1.02. The normalized spacial score (nSPS) is 24.8. The zero-order valence-electron chi connectivity index (χ0n) is 11.6. The third kappa shape index (κ3) is 4.28. The number of sulfone groups is 1. The van der Waals surface area contributed by atoms with Gasteiger partial charge in [-0.05, 0) is 36.6 Å². The molecule has 0 aliphatic carbocycles. The van der Waals surface area contributed by atoms with Gasteiger partial charge in [0, 0.05) is 30.1 Å². The molecule has 2 rings (SSSR count). The van der Waals surface area contributed by atoms with E-state index < -0.39 is 9.84 Å². The van der Waals surface area contributed by atoms with Crippen LogP contribution in [0, 0.1) is 5.92 Å². The molecule has 1 aromatic rings. The summed E-state index contributed by atoms with van der Waals surface area (Å²) in [6, 6.07) is 6.96. The predicted octanol–water partition coefficient (Wildman–Crippen LogP) is 1.89. The molecule has 2 atom stereocenters. The highest BCUT2D eigenvalue weighted by Crippen LogP contribution is 2.18. The molecular weight excluding hydrogens is 340 g/mol. The molecule has 112 valence electrons. The summed E-state index contributed by atoms with van der Waals surface area (Å²) < 4.78 is 25.4. The molecule has 1 aromatic carbocycles. The van der Waals surface area contributed by atoms with Gasteiger partial charge in [0.05, 0.1) is 10.6 Å². The van der Waals surface area contributed by atoms with E-state index in [1.54, 1.807) is 24.3 Å². The van der Waals surface area contributed by atoms with Crippen LogP contribution in [0.5, 0.6) is 0 Å². The minimum absolute atomic E-state index is 0.147. The smallest absolute Gasteiger partial charge is 0.179 e. The third-order valence-corrected chi connectivity index (χ3v) is 5.86. The van der Waals surface area contributed by atoms with E-state index in [9.17, 15) is 8.42 Å². The fourth-order valence-corrected chi connectivity index (χ4v) is 4.25. The fraction of sp³-hybridized carbons (Fsp3) is 0.571. The fourth-order valence-electron chi connectivity index (χ4n) is 2.70. The molecule has 0 amide bonds. The summed E-state index contributed by atoms with van der Waals surface area (Å²) in [5.74, 6) is 0.683. The molecule has 2 N–H and O–H groups in total. The Labute approximate surface area is 129 Å². The molecule has 0 radical (unpaired) electrons. The van der Waals surface area contributed by atoms with Crippen LogP contribution in [0.4, 0.5) is 0 Å². The highest BCUT2D eigenvalue weighted by molar-refractivity contribution is 9.10. The number of benzene rings is 1. The van der Waals surface area contributed by atoms with Crippen molar-refractivity contribution in [2.75, 3.05) is 25.4 Å². The zero-order valence-corrected chi connectivity index (χ0v) is 14.0. The van der Waals surface area contributed by atoms with Crippen molar-refractivity contribution in [3.63, 3.8) is 0 Å². The second-order valence-corrected chi connectivity index (χ2v) is 8.66. The number of halogens is 1. The Balaban J connectivity index is 1.97. The number of nitrogens with zero attached hydrogens (tertiary/aromatic N) is 1. The molecule has 20 heavy (non-hydrogen) atoms. The average molecular weight is 361 g/mol. The summed E-state index contributed by atoms with van der Waals surface area (Å²) in [7, 11) is -3.21. The van der Waals surface area contributed by atoms with Gasteiger partial charge in [0.15, 0.2) is 9.84 Å². The summed E-state index contributed by atoms with van der Waals surface area (Å²) in [5.41, 5.74) is 5.99. The van der Waals surface area contributed by atoms with Gasteiger partial charge >= 0.3 is 0 Å². The monoisotopic (exact) mass is 360 g/mol. The van der Waals surface area contributed by atoms with Gasteiger partial charge < -0.3 is 10.6 Å². The van der Waals surface area contributed by atoms with Crippen LogP contribution in [0.1, 0.15) is 13.3 Å². The van der Waals surface area contributed by atoms with E-state index in [-0.39, 0.29) is 11.8 Å². The van der Waals surface area contributed by atoms with Crippen molar-refractivity contribution in [3.8, 4) is 0 Å². The van der Waals surface area contributed by atoms with Crippen molar-refractivity contribution in [1.82, 2.24) is 4.90 Å². The Hall–Kier alpha value is -0.430. The maximum atomic E-state index is 12.3. The van der Waals surface area contributed by atoms with Gasteiger partial charge in [0.25, 0.3) is 0 Å². The van der Waals surface area contributed by atoms with Crippen molar-refractivity contribution >= 4 is 25.8 Å². The third-order valence-electron chi connectivity index (χ3n) is 3.62. The first-order valence-electron chi connectivity index (χ1n) is 6.83. The van der Waals surface area contributed by atoms with Gasteiger partial charge in [-0.15, -0.1) is 0 Å². The topological polar surface area (TPSA) is 63.4 Å². The van der Waals surface area contributed by atoms with Crippen LogP contribution in [0.15, 0.2) is 33.6 Å². The van der Waals surface area contributed by atoms with Crippen LogP contribution in [0.2, 0.25) is 0 Å². The largest absolute Gasteiger partial charge is 0.327 e. The quantitative estimate of drug-likeness (QED) is 0.890. The second-order valence-electron chi connectivity index (χ2n) is 5.63. The molecule has 4 nitrogen and oxygen atoms in total. The van der Waals surface area contributed by atoms with Crippen molar-refractivity contribution in [1.29, 1.82) is 0 Å². The molecule has 0 spiro atoms. The van der Waals surface area contributed by atoms with E-state index in [0.29, 0.717) is 17.4 Å². The first kappa shape index (κ1) is 15.9. The summed E-state index contributed by atoms with van der Waals surface area (Å²) in [5, 5.41) is 0. The lowest BCUT2D eigenvalue weighted by molar-refractivity contribution is 0.174. The lowest BCUT2D eigenvalue weighted by atomic mass is 9.97. The number of rotatable bonds is 4. The zero-order chi connectivity index (χ0) is 14.8. The summed E-state index contributed by atoms with van der Waals surface area (Å²) >= 11 is 3.31. The maximum absolute atomic E-state index is 12.3. The SMILES string of the molecule is CC1CC(N)CN(CCS(=O)(=O)c2ccc(Br)cc2)C1. The molecule has 1 heterocycles. The standard InChI is InChI=1S/C14H21BrN2O2S/c1-11-8-13(16)10-17(9-11)6-7-20(18,19)14-4-2-12(15)3-5-14/h2-5,11,13H,6-10,16H2,1H3. The lowest BCUT2D eigenvalue weighted by Crippen LogP contribution is -2.47. The van der Waals surface area contributed by atoms with Crippen LogP contribution in [-0.4, -0.2) is 44.7 Å². The summed E-state index contributed by atoms with van der Waals surface area (Å²) in [6.45, 7) is 4.44. The average Bonchev–Trinajstić information content (AvgIpc) is 2.36. The first-order chi connectivity index (χ1) is 9.37. The van der Waals surface area contributed by atoms with E-state index >= 15 is 0 Å². The first-order valence-corrected chi connectivity index (χ1v) is 9.27. The van der Waals surface area contributed by atoms with Gasteiger partial charge in [-0.1, -0.05) is 22.9 Å². The van der Waals surface area contributed by atoms with Crippen LogP contribution in [0.25, 0.3) is 0 Å². The van der Waals surface area contributed by atoms with Gasteiger partial charge in [-0.3, -0.25) is 0 Å². The Morgan fingerprint density at radius 2 is 1.95 bits per heavy atom. The van der Waals surface area contributed by atoms with Gasteiger partial charge in [-0.25, -0.2) is 8.42 Å². The van der Waals surface area contributed by atoms with Crippen LogP contribution >= 0.6 is 15.9 Å². The maximum Gasteiger partial charge on any atom is 0.179 e. The Morgan fingerprint density at radius 3 is 2.55 bits per heavy atom. The molecular formula is C14H21BrN2O2S. The van der Waals surface area contributed by atoms with E-state index in [1.165, 1.54) is 0 Å². The number of piperidine rings is 1. The van der Waals surface area contributed by atoms with E-state index in [1.807, 2.05) is 0 Å².